The number of anilines is 1. The molecular formula is C13H19N3O2S. The maximum Gasteiger partial charge on any atom is 0.356 e. The molecule has 0 radical (unpaired) electrons. The average molecular weight is 281 g/mol. The normalized spacial score (nSPS) is 17.9. The van der Waals surface area contributed by atoms with Gasteiger partial charge in [0.25, 0.3) is 0 Å². The SMILES string of the molecule is CSC1(CNc2ccc(C(=O)O)nn2)CCCCC1. The smallest absolute Gasteiger partial charge is 0.356 e. The lowest BCUT2D eigenvalue weighted by Crippen LogP contribution is -2.35. The summed E-state index contributed by atoms with van der Waals surface area (Å²) in [5.74, 6) is -0.407. The lowest BCUT2D eigenvalue weighted by Gasteiger charge is -2.35. The number of carboxylic acids is 1. The quantitative estimate of drug-likeness (QED) is 0.864. The standard InChI is InChI=1S/C13H19N3O2S/c1-19-13(7-3-2-4-8-13)9-14-11-6-5-10(12(17)18)15-16-11/h5-6H,2-4,7-9H2,1H3,(H,14,16)(H,17,18). The van der Waals surface area contributed by atoms with Crippen LogP contribution < -0.4 is 5.32 Å². The molecule has 1 saturated carbocycles. The van der Waals surface area contributed by atoms with Gasteiger partial charge in [-0.15, -0.1) is 10.2 Å². The fourth-order valence-electron chi connectivity index (χ4n) is 2.44. The molecule has 0 saturated heterocycles. The van der Waals surface area contributed by atoms with E-state index in [0.29, 0.717) is 5.82 Å². The van der Waals surface area contributed by atoms with E-state index in [0.717, 1.165) is 6.54 Å². The third kappa shape index (κ3) is 3.59. The summed E-state index contributed by atoms with van der Waals surface area (Å²) in [6.45, 7) is 0.856. The van der Waals surface area contributed by atoms with Crippen molar-refractivity contribution in [1.82, 2.24) is 10.2 Å². The van der Waals surface area contributed by atoms with Crippen molar-refractivity contribution >= 4 is 23.5 Å². The van der Waals surface area contributed by atoms with Crippen molar-refractivity contribution < 1.29 is 9.90 Å². The number of nitrogens with zero attached hydrogens (tertiary/aromatic N) is 2. The summed E-state index contributed by atoms with van der Waals surface area (Å²) in [4.78, 5) is 10.7. The van der Waals surface area contributed by atoms with Crippen molar-refractivity contribution in [3.8, 4) is 0 Å². The molecule has 2 rings (SSSR count). The number of carboxylic acid groups (broad SMARTS) is 1. The van der Waals surface area contributed by atoms with E-state index in [4.69, 9.17) is 5.11 Å². The predicted molar refractivity (Wildman–Crippen MR) is 76.8 cm³/mol. The summed E-state index contributed by atoms with van der Waals surface area (Å²) in [6.07, 6.45) is 8.50. The summed E-state index contributed by atoms with van der Waals surface area (Å²) in [5, 5.41) is 19.6. The molecule has 104 valence electrons. The van der Waals surface area contributed by atoms with E-state index in [1.165, 1.54) is 38.2 Å². The van der Waals surface area contributed by atoms with E-state index in [1.807, 2.05) is 11.8 Å². The summed E-state index contributed by atoms with van der Waals surface area (Å²) < 4.78 is 0.283. The van der Waals surface area contributed by atoms with Crippen molar-refractivity contribution in [2.45, 2.75) is 36.9 Å². The van der Waals surface area contributed by atoms with Gasteiger partial charge in [0, 0.05) is 11.3 Å². The number of hydrogen-bond donors (Lipinski definition) is 2. The number of hydrogen-bond acceptors (Lipinski definition) is 5. The second kappa shape index (κ2) is 6.23. The maximum atomic E-state index is 10.7. The van der Waals surface area contributed by atoms with Crippen LogP contribution in [0.15, 0.2) is 12.1 Å². The van der Waals surface area contributed by atoms with E-state index in [2.05, 4.69) is 21.8 Å². The molecule has 1 aromatic heterocycles. The van der Waals surface area contributed by atoms with E-state index in [9.17, 15) is 4.79 Å². The zero-order valence-electron chi connectivity index (χ0n) is 11.1. The third-order valence-corrected chi connectivity index (χ3v) is 5.09. The van der Waals surface area contributed by atoms with Crippen molar-refractivity contribution in [3.63, 3.8) is 0 Å². The highest BCUT2D eigenvalue weighted by Gasteiger charge is 2.30. The van der Waals surface area contributed by atoms with Gasteiger partial charge in [0.2, 0.25) is 0 Å². The van der Waals surface area contributed by atoms with Gasteiger partial charge in [-0.1, -0.05) is 19.3 Å². The molecule has 0 atom stereocenters. The van der Waals surface area contributed by atoms with E-state index < -0.39 is 5.97 Å². The number of aromatic carboxylic acids is 1. The Morgan fingerprint density at radius 3 is 2.63 bits per heavy atom. The van der Waals surface area contributed by atoms with Crippen LogP contribution in [-0.2, 0) is 0 Å². The van der Waals surface area contributed by atoms with Gasteiger partial charge < -0.3 is 10.4 Å². The highest BCUT2D eigenvalue weighted by Crippen LogP contribution is 2.38. The van der Waals surface area contributed by atoms with Crippen LogP contribution in [0.3, 0.4) is 0 Å². The van der Waals surface area contributed by atoms with Crippen molar-refractivity contribution in [2.75, 3.05) is 18.1 Å². The number of thioether (sulfide) groups is 1. The second-order valence-electron chi connectivity index (χ2n) is 4.91. The zero-order valence-corrected chi connectivity index (χ0v) is 11.9. The van der Waals surface area contributed by atoms with Crippen molar-refractivity contribution in [2.24, 2.45) is 0 Å². The minimum atomic E-state index is -1.05. The van der Waals surface area contributed by atoms with Crippen LogP contribution in [0.2, 0.25) is 0 Å². The van der Waals surface area contributed by atoms with E-state index in [1.54, 1.807) is 6.07 Å². The fourth-order valence-corrected chi connectivity index (χ4v) is 3.35. The van der Waals surface area contributed by atoms with Gasteiger partial charge in [0.15, 0.2) is 5.69 Å². The number of carbonyl (C=O) groups is 1. The average Bonchev–Trinajstić information content (AvgIpc) is 2.46. The van der Waals surface area contributed by atoms with Gasteiger partial charge >= 0.3 is 5.97 Å². The predicted octanol–water partition coefficient (Wildman–Crippen LogP) is 2.65. The summed E-state index contributed by atoms with van der Waals surface area (Å²) >= 11 is 1.92. The molecule has 0 spiro atoms. The molecule has 0 amide bonds. The topological polar surface area (TPSA) is 75.1 Å². The second-order valence-corrected chi connectivity index (χ2v) is 6.18. The zero-order chi connectivity index (χ0) is 13.7. The van der Waals surface area contributed by atoms with Gasteiger partial charge in [-0.25, -0.2) is 4.79 Å². The number of nitrogens with one attached hydrogen (secondary N) is 1. The Hall–Kier alpha value is -1.30. The van der Waals surface area contributed by atoms with Gasteiger partial charge in [-0.05, 0) is 31.2 Å². The molecule has 1 aliphatic carbocycles. The minimum absolute atomic E-state index is 0.0252. The molecule has 6 heteroatoms. The molecule has 1 aliphatic rings. The largest absolute Gasteiger partial charge is 0.476 e. The molecule has 0 unspecified atom stereocenters. The first-order chi connectivity index (χ1) is 9.15. The van der Waals surface area contributed by atoms with Crippen LogP contribution in [0.5, 0.6) is 0 Å². The monoisotopic (exact) mass is 281 g/mol. The Balaban J connectivity index is 1.95. The Morgan fingerprint density at radius 1 is 1.37 bits per heavy atom. The molecule has 0 bridgehead atoms. The first-order valence-corrected chi connectivity index (χ1v) is 7.74. The van der Waals surface area contributed by atoms with Crippen LogP contribution >= 0.6 is 11.8 Å². The Labute approximate surface area is 117 Å². The van der Waals surface area contributed by atoms with Gasteiger partial charge in [0.1, 0.15) is 5.82 Å². The van der Waals surface area contributed by atoms with Gasteiger partial charge in [0.05, 0.1) is 0 Å². The van der Waals surface area contributed by atoms with Crippen LogP contribution in [0.25, 0.3) is 0 Å². The first-order valence-electron chi connectivity index (χ1n) is 6.51. The molecule has 1 aromatic rings. The van der Waals surface area contributed by atoms with Gasteiger partial charge in [-0.2, -0.15) is 11.8 Å². The molecule has 1 fully saturated rings. The molecule has 19 heavy (non-hydrogen) atoms. The maximum absolute atomic E-state index is 10.7. The van der Waals surface area contributed by atoms with Crippen molar-refractivity contribution in [3.05, 3.63) is 17.8 Å². The minimum Gasteiger partial charge on any atom is -0.476 e. The number of rotatable bonds is 5. The molecule has 0 aliphatic heterocycles. The summed E-state index contributed by atoms with van der Waals surface area (Å²) in [7, 11) is 0. The molecule has 2 N–H and O–H groups in total. The molecule has 1 heterocycles. The van der Waals surface area contributed by atoms with Crippen LogP contribution in [0.1, 0.15) is 42.6 Å². The highest BCUT2D eigenvalue weighted by atomic mass is 32.2. The van der Waals surface area contributed by atoms with Crippen LogP contribution in [0.4, 0.5) is 5.82 Å². The lowest BCUT2D eigenvalue weighted by molar-refractivity contribution is 0.0689. The van der Waals surface area contributed by atoms with Gasteiger partial charge in [-0.3, -0.25) is 0 Å². The first kappa shape index (κ1) is 14.1. The Kier molecular flexibility index (Phi) is 4.63. The Morgan fingerprint density at radius 2 is 2.11 bits per heavy atom. The molecule has 5 nitrogen and oxygen atoms in total. The number of aromatic nitrogens is 2. The summed E-state index contributed by atoms with van der Waals surface area (Å²) in [6, 6.07) is 3.15. The van der Waals surface area contributed by atoms with Crippen LogP contribution in [-0.4, -0.2) is 38.8 Å². The van der Waals surface area contributed by atoms with Crippen LogP contribution in [0, 0.1) is 0 Å². The van der Waals surface area contributed by atoms with E-state index in [-0.39, 0.29) is 10.4 Å². The highest BCUT2D eigenvalue weighted by molar-refractivity contribution is 8.00. The lowest BCUT2D eigenvalue weighted by atomic mass is 9.88. The Bertz CT molecular complexity index is 430. The molecular weight excluding hydrogens is 262 g/mol. The fraction of sp³-hybridized carbons (Fsp3) is 0.615. The molecule has 0 aromatic carbocycles. The summed E-state index contributed by atoms with van der Waals surface area (Å²) in [5.41, 5.74) is -0.0252. The van der Waals surface area contributed by atoms with Crippen molar-refractivity contribution in [1.29, 1.82) is 0 Å². The third-order valence-electron chi connectivity index (χ3n) is 3.67. The van der Waals surface area contributed by atoms with E-state index >= 15 is 0 Å².